The summed E-state index contributed by atoms with van der Waals surface area (Å²) in [6.45, 7) is 2.35. The summed E-state index contributed by atoms with van der Waals surface area (Å²) in [5, 5.41) is 48.7. The van der Waals surface area contributed by atoms with Crippen LogP contribution in [0.3, 0.4) is 0 Å². The van der Waals surface area contributed by atoms with E-state index in [2.05, 4.69) is 39.9 Å². The Morgan fingerprint density at radius 2 is 1.68 bits per heavy atom. The number of carbonyl (C=O) groups is 1. The van der Waals surface area contributed by atoms with Gasteiger partial charge in [0.15, 0.2) is 29.4 Å². The van der Waals surface area contributed by atoms with E-state index >= 15 is 0 Å². The number of hydrogen-bond acceptors (Lipinski definition) is 11. The first kappa shape index (κ1) is 29.9. The molecule has 44 heavy (non-hydrogen) atoms. The van der Waals surface area contributed by atoms with E-state index in [1.807, 2.05) is 36.4 Å². The number of likely N-dealkylation sites (N-methyl/N-ethyl adjacent to an activating group) is 1. The average molecular weight is 604 g/mol. The fourth-order valence-electron chi connectivity index (χ4n) is 5.95. The molecule has 2 unspecified atom stereocenters. The summed E-state index contributed by atoms with van der Waals surface area (Å²) in [5.74, 6) is 0.00405. The number of aliphatic hydroxyl groups is 4. The largest absolute Gasteiger partial charge is 0.391 e. The van der Waals surface area contributed by atoms with Crippen LogP contribution in [-0.4, -0.2) is 95.8 Å². The second kappa shape index (κ2) is 12.8. The Morgan fingerprint density at radius 1 is 1.00 bits per heavy atom. The van der Waals surface area contributed by atoms with E-state index in [1.165, 1.54) is 16.0 Å². The highest BCUT2D eigenvalue weighted by Gasteiger charge is 2.47. The van der Waals surface area contributed by atoms with Crippen LogP contribution in [0, 0.1) is 0 Å². The molecule has 1 amide bonds. The molecule has 6 atom stereocenters. The molecule has 0 bridgehead atoms. The minimum atomic E-state index is -1.69. The van der Waals surface area contributed by atoms with Gasteiger partial charge in [-0.15, -0.1) is 0 Å². The number of ether oxygens (including phenoxy) is 1. The van der Waals surface area contributed by atoms with Crippen molar-refractivity contribution in [3.05, 3.63) is 78.1 Å². The molecular formula is C31H37N7O6. The third kappa shape index (κ3) is 5.84. The van der Waals surface area contributed by atoms with Crippen LogP contribution in [-0.2, 0) is 9.53 Å². The third-order valence-electron chi connectivity index (χ3n) is 8.35. The molecule has 2 fully saturated rings. The van der Waals surface area contributed by atoms with E-state index in [9.17, 15) is 25.2 Å². The van der Waals surface area contributed by atoms with E-state index in [1.54, 1.807) is 6.92 Å². The number of aliphatic hydroxyl groups excluding tert-OH is 4. The van der Waals surface area contributed by atoms with Gasteiger partial charge in [-0.2, -0.15) is 9.97 Å². The zero-order valence-electron chi connectivity index (χ0n) is 24.3. The van der Waals surface area contributed by atoms with Gasteiger partial charge in [-0.3, -0.25) is 4.79 Å². The number of nitrogens with one attached hydrogen (secondary N) is 2. The molecule has 1 aliphatic carbocycles. The molecule has 1 saturated heterocycles. The van der Waals surface area contributed by atoms with E-state index in [-0.39, 0.29) is 24.5 Å². The quantitative estimate of drug-likeness (QED) is 0.154. The van der Waals surface area contributed by atoms with Gasteiger partial charge in [0.1, 0.15) is 18.5 Å². The lowest BCUT2D eigenvalue weighted by molar-refractivity contribution is -0.150. The Balaban J connectivity index is 1.36. The topological polar surface area (TPSA) is 178 Å². The Morgan fingerprint density at radius 3 is 2.25 bits per heavy atom. The van der Waals surface area contributed by atoms with Crippen LogP contribution in [0.15, 0.2) is 67.0 Å². The van der Waals surface area contributed by atoms with Gasteiger partial charge in [-0.05, 0) is 37.3 Å². The van der Waals surface area contributed by atoms with E-state index in [0.717, 1.165) is 24.0 Å². The molecule has 2 aliphatic rings. The maximum Gasteiger partial charge on any atom is 0.273 e. The molecule has 13 heteroatoms. The highest BCUT2D eigenvalue weighted by atomic mass is 16.6. The number of benzene rings is 2. The van der Waals surface area contributed by atoms with Gasteiger partial charge in [-0.1, -0.05) is 60.7 Å². The van der Waals surface area contributed by atoms with Crippen LogP contribution in [0.2, 0.25) is 0 Å². The van der Waals surface area contributed by atoms with Crippen LogP contribution in [0.25, 0.3) is 11.2 Å². The Hall–Kier alpha value is -4.14. The minimum Gasteiger partial charge on any atom is -0.391 e. The number of carbonyl (C=O) groups excluding carboxylic acids is 1. The number of amides is 1. The highest BCUT2D eigenvalue weighted by Crippen LogP contribution is 2.29. The van der Waals surface area contributed by atoms with E-state index in [0.29, 0.717) is 29.9 Å². The first-order valence-corrected chi connectivity index (χ1v) is 14.9. The lowest BCUT2D eigenvalue weighted by Gasteiger charge is -2.26. The van der Waals surface area contributed by atoms with Crippen molar-refractivity contribution >= 4 is 28.8 Å². The van der Waals surface area contributed by atoms with Gasteiger partial charge in [0.05, 0.1) is 12.1 Å². The molecule has 4 aromatic rings. The lowest BCUT2D eigenvalue weighted by atomic mass is 9.91. The fraction of sp³-hybridized carbons (Fsp3) is 0.419. The summed E-state index contributed by atoms with van der Waals surface area (Å²) < 4.78 is 6.63. The molecule has 3 heterocycles. The maximum atomic E-state index is 13.5. The molecule has 0 radical (unpaired) electrons. The molecular weight excluding hydrogens is 566 g/mol. The summed E-state index contributed by atoms with van der Waals surface area (Å²) in [6.07, 6.45) is -3.19. The number of imidazole rings is 1. The molecule has 13 nitrogen and oxygen atoms in total. The number of rotatable bonds is 10. The second-order valence-electron chi connectivity index (χ2n) is 11.1. The molecule has 1 aliphatic heterocycles. The van der Waals surface area contributed by atoms with Crippen LogP contribution < -0.4 is 15.6 Å². The summed E-state index contributed by atoms with van der Waals surface area (Å²) in [6, 6.07) is 20.1. The van der Waals surface area contributed by atoms with Crippen LogP contribution in [0.4, 0.5) is 11.8 Å². The van der Waals surface area contributed by atoms with E-state index < -0.39 is 36.6 Å². The Kier molecular flexibility index (Phi) is 8.73. The summed E-state index contributed by atoms with van der Waals surface area (Å²) in [5.41, 5.74) is 2.95. The van der Waals surface area contributed by atoms with Crippen LogP contribution in [0.5, 0.6) is 0 Å². The van der Waals surface area contributed by atoms with Crippen molar-refractivity contribution < 1.29 is 30.0 Å². The smallest absolute Gasteiger partial charge is 0.273 e. The Bertz CT molecular complexity index is 1530. The number of hydrogen-bond donors (Lipinski definition) is 6. The number of anilines is 2. The first-order valence-electron chi connectivity index (χ1n) is 14.9. The molecule has 6 rings (SSSR count). The molecule has 0 spiro atoms. The number of fused-ring (bicyclic) bond motifs is 1. The molecule has 2 aromatic carbocycles. The molecule has 2 aromatic heterocycles. The first-order chi connectivity index (χ1) is 21.4. The van der Waals surface area contributed by atoms with Gasteiger partial charge in [0, 0.05) is 19.0 Å². The van der Waals surface area contributed by atoms with Crippen molar-refractivity contribution in [2.75, 3.05) is 28.7 Å². The van der Waals surface area contributed by atoms with Gasteiger partial charge in [-0.25, -0.2) is 14.7 Å². The standard InChI is InChI=1S/C31H37N7O6/c1-2-37(29(42)26-24(40)25(41)30(43)44-26)38-17-33-23-27(35-31(36-28(23)38)34-21-14-9-15-22(21)39)32-16-20(18-10-5-3-6-11-18)19-12-7-4-8-13-19/h3-8,10-13,17,20-22,24-26,30,39-41,43H,2,9,14-16H2,1H3,(H2,32,34,35,36)/t21?,22?,24-,25+,26-,30+/m0/s1. The lowest BCUT2D eigenvalue weighted by Crippen LogP contribution is -2.50. The Labute approximate surface area is 254 Å². The monoisotopic (exact) mass is 603 g/mol. The molecule has 6 N–H and O–H groups in total. The van der Waals surface area contributed by atoms with Crippen molar-refractivity contribution in [3.63, 3.8) is 0 Å². The summed E-state index contributed by atoms with van der Waals surface area (Å²) >= 11 is 0. The number of aromatic nitrogens is 4. The molecule has 232 valence electrons. The predicted molar refractivity (Wildman–Crippen MR) is 162 cm³/mol. The second-order valence-corrected chi connectivity index (χ2v) is 11.1. The van der Waals surface area contributed by atoms with Crippen LogP contribution in [0.1, 0.15) is 43.2 Å². The zero-order chi connectivity index (χ0) is 30.8. The summed E-state index contributed by atoms with van der Waals surface area (Å²) in [7, 11) is 0. The van der Waals surface area contributed by atoms with Crippen LogP contribution >= 0.6 is 0 Å². The summed E-state index contributed by atoms with van der Waals surface area (Å²) in [4.78, 5) is 27.5. The third-order valence-corrected chi connectivity index (χ3v) is 8.35. The van der Waals surface area contributed by atoms with Gasteiger partial charge >= 0.3 is 0 Å². The minimum absolute atomic E-state index is 0.00913. The average Bonchev–Trinajstić information content (AvgIpc) is 3.72. The van der Waals surface area contributed by atoms with Gasteiger partial charge < -0.3 is 35.8 Å². The van der Waals surface area contributed by atoms with Crippen molar-refractivity contribution in [1.29, 1.82) is 0 Å². The predicted octanol–water partition coefficient (Wildman–Crippen LogP) is 1.32. The fourth-order valence-corrected chi connectivity index (χ4v) is 5.95. The van der Waals surface area contributed by atoms with Gasteiger partial charge in [0.25, 0.3) is 5.91 Å². The van der Waals surface area contributed by atoms with Crippen molar-refractivity contribution in [2.45, 2.75) is 68.9 Å². The van der Waals surface area contributed by atoms with Crippen molar-refractivity contribution in [2.24, 2.45) is 0 Å². The zero-order valence-corrected chi connectivity index (χ0v) is 24.3. The SMILES string of the molecule is CCN(C(=O)[C@H]1O[C@@H](O)[C@H](O)[C@@H]1O)n1cnc2c(NCC(c3ccccc3)c3ccccc3)nc(NC3CCCC3O)nc21. The van der Waals surface area contributed by atoms with Crippen molar-refractivity contribution in [3.8, 4) is 0 Å². The molecule has 1 saturated carbocycles. The normalized spacial score (nSPS) is 25.0. The van der Waals surface area contributed by atoms with Crippen molar-refractivity contribution in [1.82, 2.24) is 19.6 Å². The van der Waals surface area contributed by atoms with E-state index in [4.69, 9.17) is 14.7 Å². The maximum absolute atomic E-state index is 13.5. The highest BCUT2D eigenvalue weighted by molar-refractivity contribution is 5.93. The van der Waals surface area contributed by atoms with Gasteiger partial charge in [0.2, 0.25) is 5.95 Å². The number of nitrogens with zero attached hydrogens (tertiary/aromatic N) is 5.